The zero-order valence-electron chi connectivity index (χ0n) is 9.11. The highest BCUT2D eigenvalue weighted by atomic mass is 35.5. The number of halogens is 1. The number of carbonyl (C=O) groups excluding carboxylic acids is 1. The molecule has 0 spiro atoms. The van der Waals surface area contributed by atoms with Gasteiger partial charge in [-0.15, -0.1) is 0 Å². The molecule has 2 heterocycles. The molecule has 2 aromatic heterocycles. The Bertz CT molecular complexity index is 539. The third-order valence-corrected chi connectivity index (χ3v) is 2.42. The zero-order chi connectivity index (χ0) is 12.3. The van der Waals surface area contributed by atoms with E-state index in [0.717, 1.165) is 5.69 Å². The van der Waals surface area contributed by atoms with E-state index in [9.17, 15) is 4.79 Å². The van der Waals surface area contributed by atoms with Crippen molar-refractivity contribution in [3.05, 3.63) is 46.9 Å². The lowest BCUT2D eigenvalue weighted by Gasteiger charge is -2.03. The first-order valence-corrected chi connectivity index (χ1v) is 5.34. The molecule has 1 N–H and O–H groups in total. The van der Waals surface area contributed by atoms with Crippen LogP contribution < -0.4 is 5.32 Å². The van der Waals surface area contributed by atoms with Gasteiger partial charge in [-0.25, -0.2) is 9.97 Å². The van der Waals surface area contributed by atoms with Crippen molar-refractivity contribution in [3.8, 4) is 0 Å². The third kappa shape index (κ3) is 2.82. The van der Waals surface area contributed by atoms with Crippen LogP contribution in [-0.4, -0.2) is 15.9 Å². The minimum absolute atomic E-state index is 0.0846. The molecular weight excluding hydrogens is 242 g/mol. The van der Waals surface area contributed by atoms with Crippen molar-refractivity contribution in [2.45, 2.75) is 13.5 Å². The van der Waals surface area contributed by atoms with Gasteiger partial charge in [-0.3, -0.25) is 4.79 Å². The number of aromatic nitrogens is 2. The lowest BCUT2D eigenvalue weighted by molar-refractivity contribution is 0.0950. The number of amides is 1. The Morgan fingerprint density at radius 3 is 3.00 bits per heavy atom. The molecule has 2 aromatic rings. The van der Waals surface area contributed by atoms with Gasteiger partial charge in [-0.05, 0) is 30.7 Å². The highest BCUT2D eigenvalue weighted by Crippen LogP contribution is 2.16. The summed E-state index contributed by atoms with van der Waals surface area (Å²) >= 11 is 5.69. The molecular formula is C11H10ClN3O2. The number of nitrogens with one attached hydrogen (secondary N) is 1. The maximum atomic E-state index is 11.7. The molecule has 0 bridgehead atoms. The second kappa shape index (κ2) is 4.97. The molecule has 0 atom stereocenters. The van der Waals surface area contributed by atoms with E-state index >= 15 is 0 Å². The predicted molar refractivity (Wildman–Crippen MR) is 61.7 cm³/mol. The predicted octanol–water partition coefficient (Wildman–Crippen LogP) is 1.96. The highest BCUT2D eigenvalue weighted by molar-refractivity contribution is 6.32. The largest absolute Gasteiger partial charge is 0.452 e. The van der Waals surface area contributed by atoms with E-state index in [2.05, 4.69) is 15.3 Å². The standard InChI is InChI=1S/C11H10ClN3O2/c1-7-13-4-2-8(15-7)6-14-11(16)9-3-5-17-10(9)12/h2-5H,6H2,1H3,(H,14,16). The van der Waals surface area contributed by atoms with Gasteiger partial charge < -0.3 is 9.73 Å². The molecule has 0 aliphatic carbocycles. The number of hydrogen-bond acceptors (Lipinski definition) is 4. The van der Waals surface area contributed by atoms with Gasteiger partial charge in [0.2, 0.25) is 5.22 Å². The normalized spacial score (nSPS) is 10.2. The van der Waals surface area contributed by atoms with E-state index in [1.165, 1.54) is 12.3 Å². The van der Waals surface area contributed by atoms with Gasteiger partial charge in [0.15, 0.2) is 0 Å². The number of furan rings is 1. The van der Waals surface area contributed by atoms with Crippen LogP contribution in [0.15, 0.2) is 29.0 Å². The molecule has 0 unspecified atom stereocenters. The summed E-state index contributed by atoms with van der Waals surface area (Å²) in [5, 5.41) is 2.78. The van der Waals surface area contributed by atoms with E-state index in [1.807, 2.05) is 0 Å². The maximum absolute atomic E-state index is 11.7. The molecule has 0 aliphatic rings. The van der Waals surface area contributed by atoms with Crippen molar-refractivity contribution < 1.29 is 9.21 Å². The van der Waals surface area contributed by atoms with Gasteiger partial charge in [-0.2, -0.15) is 0 Å². The molecule has 17 heavy (non-hydrogen) atoms. The Morgan fingerprint density at radius 1 is 1.53 bits per heavy atom. The lowest BCUT2D eigenvalue weighted by atomic mass is 10.3. The first-order chi connectivity index (χ1) is 8.16. The highest BCUT2D eigenvalue weighted by Gasteiger charge is 2.12. The van der Waals surface area contributed by atoms with E-state index in [0.29, 0.717) is 17.9 Å². The molecule has 0 radical (unpaired) electrons. The van der Waals surface area contributed by atoms with Crippen molar-refractivity contribution in [3.63, 3.8) is 0 Å². The smallest absolute Gasteiger partial charge is 0.256 e. The summed E-state index contributed by atoms with van der Waals surface area (Å²) in [7, 11) is 0. The lowest BCUT2D eigenvalue weighted by Crippen LogP contribution is -2.23. The Balaban J connectivity index is 1.99. The molecule has 0 aromatic carbocycles. The quantitative estimate of drug-likeness (QED) is 0.906. The van der Waals surface area contributed by atoms with Crippen LogP contribution in [0, 0.1) is 6.92 Å². The summed E-state index contributed by atoms with van der Waals surface area (Å²) in [6.07, 6.45) is 3.01. The minimum Gasteiger partial charge on any atom is -0.452 e. The van der Waals surface area contributed by atoms with Crippen LogP contribution in [0.3, 0.4) is 0 Å². The molecule has 0 saturated heterocycles. The monoisotopic (exact) mass is 251 g/mol. The van der Waals surface area contributed by atoms with E-state index in [-0.39, 0.29) is 11.1 Å². The van der Waals surface area contributed by atoms with Crippen LogP contribution in [0.4, 0.5) is 0 Å². The maximum Gasteiger partial charge on any atom is 0.256 e. The Morgan fingerprint density at radius 2 is 2.35 bits per heavy atom. The fourth-order valence-corrected chi connectivity index (χ4v) is 1.53. The molecule has 6 heteroatoms. The van der Waals surface area contributed by atoms with Crippen molar-refractivity contribution in [1.29, 1.82) is 0 Å². The van der Waals surface area contributed by atoms with Gasteiger partial charge in [0.25, 0.3) is 5.91 Å². The minimum atomic E-state index is -0.292. The number of hydrogen-bond donors (Lipinski definition) is 1. The Labute approximate surface area is 103 Å². The zero-order valence-corrected chi connectivity index (χ0v) is 9.86. The van der Waals surface area contributed by atoms with Crippen molar-refractivity contribution in [2.75, 3.05) is 0 Å². The second-order valence-corrected chi connectivity index (χ2v) is 3.73. The molecule has 2 rings (SSSR count). The first-order valence-electron chi connectivity index (χ1n) is 4.96. The van der Waals surface area contributed by atoms with Crippen molar-refractivity contribution in [1.82, 2.24) is 15.3 Å². The topological polar surface area (TPSA) is 68.0 Å². The molecule has 88 valence electrons. The number of rotatable bonds is 3. The fourth-order valence-electron chi connectivity index (χ4n) is 1.33. The summed E-state index contributed by atoms with van der Waals surface area (Å²) < 4.78 is 4.84. The van der Waals surface area contributed by atoms with Crippen LogP contribution in [0.5, 0.6) is 0 Å². The third-order valence-electron chi connectivity index (χ3n) is 2.13. The average molecular weight is 252 g/mol. The number of nitrogens with zero attached hydrogens (tertiary/aromatic N) is 2. The van der Waals surface area contributed by atoms with Crippen LogP contribution in [0.1, 0.15) is 21.9 Å². The van der Waals surface area contributed by atoms with Gasteiger partial charge in [0.05, 0.1) is 24.1 Å². The van der Waals surface area contributed by atoms with Crippen LogP contribution in [-0.2, 0) is 6.54 Å². The van der Waals surface area contributed by atoms with E-state index in [1.54, 1.807) is 19.2 Å². The fraction of sp³-hybridized carbons (Fsp3) is 0.182. The van der Waals surface area contributed by atoms with E-state index < -0.39 is 0 Å². The SMILES string of the molecule is Cc1nccc(CNC(=O)c2ccoc2Cl)n1. The summed E-state index contributed by atoms with van der Waals surface area (Å²) in [6.45, 7) is 2.11. The van der Waals surface area contributed by atoms with E-state index in [4.69, 9.17) is 16.0 Å². The van der Waals surface area contributed by atoms with Crippen molar-refractivity contribution >= 4 is 17.5 Å². The van der Waals surface area contributed by atoms with Crippen LogP contribution in [0.2, 0.25) is 5.22 Å². The molecule has 5 nitrogen and oxygen atoms in total. The summed E-state index contributed by atoms with van der Waals surface area (Å²) in [4.78, 5) is 19.8. The molecule has 0 fully saturated rings. The first kappa shape index (κ1) is 11.6. The second-order valence-electron chi connectivity index (χ2n) is 3.39. The van der Waals surface area contributed by atoms with Crippen LogP contribution in [0.25, 0.3) is 0 Å². The summed E-state index contributed by atoms with van der Waals surface area (Å²) in [5.74, 6) is 0.373. The average Bonchev–Trinajstić information content (AvgIpc) is 2.72. The van der Waals surface area contributed by atoms with Gasteiger partial charge in [0, 0.05) is 6.20 Å². The molecule has 1 amide bonds. The van der Waals surface area contributed by atoms with Crippen molar-refractivity contribution in [2.24, 2.45) is 0 Å². The Kier molecular flexibility index (Phi) is 3.39. The number of carbonyl (C=O) groups is 1. The molecule has 0 aliphatic heterocycles. The number of aryl methyl sites for hydroxylation is 1. The summed E-state index contributed by atoms with van der Waals surface area (Å²) in [6, 6.07) is 3.26. The van der Waals surface area contributed by atoms with Gasteiger partial charge in [-0.1, -0.05) is 0 Å². The Hall–Kier alpha value is -1.88. The summed E-state index contributed by atoms with van der Waals surface area (Å²) in [5.41, 5.74) is 1.06. The molecule has 0 saturated carbocycles. The van der Waals surface area contributed by atoms with Crippen LogP contribution >= 0.6 is 11.6 Å². The van der Waals surface area contributed by atoms with Gasteiger partial charge in [0.1, 0.15) is 5.82 Å². The van der Waals surface area contributed by atoms with Gasteiger partial charge >= 0.3 is 0 Å².